The highest BCUT2D eigenvalue weighted by Crippen LogP contribution is 2.48. The first-order valence-corrected chi connectivity index (χ1v) is 9.97. The number of benzene rings is 2. The van der Waals surface area contributed by atoms with Crippen molar-refractivity contribution < 1.29 is 58.9 Å². The van der Waals surface area contributed by atoms with Crippen LogP contribution in [0.3, 0.4) is 0 Å². The molecule has 5 nitrogen and oxygen atoms in total. The summed E-state index contributed by atoms with van der Waals surface area (Å²) >= 11 is 0. The molecule has 0 saturated carbocycles. The minimum Gasteiger partial charge on any atom is -0.493 e. The predicted molar refractivity (Wildman–Crippen MR) is 109 cm³/mol. The van der Waals surface area contributed by atoms with Crippen molar-refractivity contribution in [3.63, 3.8) is 0 Å². The molecule has 196 valence electrons. The number of hydrogen-bond acceptors (Lipinski definition) is 5. The van der Waals surface area contributed by atoms with Crippen molar-refractivity contribution in [1.29, 1.82) is 0 Å². The maximum atomic E-state index is 13.5. The third kappa shape index (κ3) is 6.52. The van der Waals surface area contributed by atoms with E-state index in [2.05, 4.69) is 11.3 Å². The maximum absolute atomic E-state index is 13.5. The Morgan fingerprint density at radius 1 is 0.833 bits per heavy atom. The molecule has 0 unspecified atom stereocenters. The Bertz CT molecular complexity index is 1050. The Balaban J connectivity index is 1.97. The lowest BCUT2D eigenvalue weighted by atomic mass is 10.1. The van der Waals surface area contributed by atoms with Crippen LogP contribution in [-0.4, -0.2) is 49.3 Å². The Morgan fingerprint density at radius 2 is 1.33 bits per heavy atom. The third-order valence-electron chi connectivity index (χ3n) is 4.52. The number of hydrogen-bond donors (Lipinski definition) is 0. The first kappa shape index (κ1) is 28.6. The van der Waals surface area contributed by atoms with Gasteiger partial charge in [0.25, 0.3) is 0 Å². The quantitative estimate of drug-likeness (QED) is 0.109. The zero-order chi connectivity index (χ0) is 27.1. The van der Waals surface area contributed by atoms with Gasteiger partial charge in [-0.1, -0.05) is 6.08 Å². The van der Waals surface area contributed by atoms with Gasteiger partial charge in [-0.25, -0.2) is 18.4 Å². The Kier molecular flexibility index (Phi) is 9.05. The van der Waals surface area contributed by atoms with E-state index in [1.165, 1.54) is 24.3 Å². The molecule has 2 aromatic carbocycles. The first-order valence-electron chi connectivity index (χ1n) is 9.97. The molecule has 13 heteroatoms. The molecule has 0 atom stereocenters. The van der Waals surface area contributed by atoms with E-state index in [0.29, 0.717) is 18.8 Å². The molecule has 36 heavy (non-hydrogen) atoms. The molecule has 0 saturated heterocycles. The number of ether oxygens (including phenoxy) is 3. The second kappa shape index (κ2) is 11.4. The lowest BCUT2D eigenvalue weighted by molar-refractivity contribution is -0.343. The molecule has 0 bridgehead atoms. The number of rotatable bonds is 12. The molecule has 2 aromatic rings. The summed E-state index contributed by atoms with van der Waals surface area (Å²) < 4.78 is 118. The van der Waals surface area contributed by atoms with Crippen molar-refractivity contribution in [3.05, 3.63) is 72.3 Å². The molecule has 0 aromatic heterocycles. The standard InChI is InChI=1S/C23H18F8O5/c1-2-3-12-34-16-8-4-15(5-9-16)19(33)36-17-10-6-14(7-11-17)18(32)35-13-21(26,27)23(30,31)22(28,29)20(24)25/h2,4-11,20H,1,3,12-13H2. The lowest BCUT2D eigenvalue weighted by Crippen LogP contribution is -2.59. The number of esters is 2. The largest absolute Gasteiger partial charge is 0.493 e. The molecule has 0 radical (unpaired) electrons. The van der Waals surface area contributed by atoms with Gasteiger partial charge in [0.05, 0.1) is 17.7 Å². The second-order valence-corrected chi connectivity index (χ2v) is 7.14. The van der Waals surface area contributed by atoms with Crippen molar-refractivity contribution >= 4 is 11.9 Å². The summed E-state index contributed by atoms with van der Waals surface area (Å²) in [6.45, 7) is 1.35. The highest BCUT2D eigenvalue weighted by molar-refractivity contribution is 5.92. The first-order chi connectivity index (χ1) is 16.7. The van der Waals surface area contributed by atoms with Crippen LogP contribution in [0, 0.1) is 0 Å². The van der Waals surface area contributed by atoms with E-state index in [9.17, 15) is 44.7 Å². The van der Waals surface area contributed by atoms with Crippen LogP contribution in [0.15, 0.2) is 61.2 Å². The third-order valence-corrected chi connectivity index (χ3v) is 4.52. The van der Waals surface area contributed by atoms with Crippen molar-refractivity contribution in [2.75, 3.05) is 13.2 Å². The topological polar surface area (TPSA) is 61.8 Å². The monoisotopic (exact) mass is 526 g/mol. The van der Waals surface area contributed by atoms with Crippen LogP contribution < -0.4 is 9.47 Å². The number of alkyl halides is 8. The fourth-order valence-electron chi connectivity index (χ4n) is 2.48. The van der Waals surface area contributed by atoms with E-state index in [-0.39, 0.29) is 11.3 Å². The molecule has 0 heterocycles. The van der Waals surface area contributed by atoms with Gasteiger partial charge in [-0.2, -0.15) is 26.3 Å². The van der Waals surface area contributed by atoms with Gasteiger partial charge >= 0.3 is 36.1 Å². The van der Waals surface area contributed by atoms with Crippen molar-refractivity contribution in [1.82, 2.24) is 0 Å². The summed E-state index contributed by atoms with van der Waals surface area (Å²) in [7, 11) is 0. The molecular weight excluding hydrogens is 508 g/mol. The van der Waals surface area contributed by atoms with E-state index in [4.69, 9.17) is 9.47 Å². The SMILES string of the molecule is C=CCCOc1ccc(C(=O)Oc2ccc(C(=O)OCC(F)(F)C(F)(F)C(F)(F)C(F)F)cc2)cc1. The van der Waals surface area contributed by atoms with Crippen LogP contribution in [0.4, 0.5) is 35.1 Å². The Labute approximate surface area is 199 Å². The predicted octanol–water partition coefficient (Wildman–Crippen LogP) is 6.19. The van der Waals surface area contributed by atoms with Crippen molar-refractivity contribution in [2.24, 2.45) is 0 Å². The van der Waals surface area contributed by atoms with E-state index >= 15 is 0 Å². The summed E-state index contributed by atoms with van der Waals surface area (Å²) in [5.41, 5.74) is -0.367. The van der Waals surface area contributed by atoms with Gasteiger partial charge in [0, 0.05) is 0 Å². The lowest BCUT2D eigenvalue weighted by Gasteiger charge is -2.31. The number of halogens is 8. The number of carbonyl (C=O) groups excluding carboxylic acids is 2. The van der Waals surface area contributed by atoms with E-state index in [0.717, 1.165) is 24.3 Å². The molecule has 0 N–H and O–H groups in total. The maximum Gasteiger partial charge on any atom is 0.381 e. The average Bonchev–Trinajstić information content (AvgIpc) is 2.83. The van der Waals surface area contributed by atoms with E-state index < -0.39 is 48.3 Å². The Morgan fingerprint density at radius 3 is 1.83 bits per heavy atom. The molecular formula is C23H18F8O5. The summed E-state index contributed by atoms with van der Waals surface area (Å²) in [4.78, 5) is 24.0. The van der Waals surface area contributed by atoms with Crippen LogP contribution in [0.1, 0.15) is 27.1 Å². The fraction of sp³-hybridized carbons (Fsp3) is 0.304. The summed E-state index contributed by atoms with van der Waals surface area (Å²) in [6.07, 6.45) is -2.79. The zero-order valence-electron chi connectivity index (χ0n) is 18.2. The van der Waals surface area contributed by atoms with Gasteiger partial charge in [0.2, 0.25) is 0 Å². The Hall–Kier alpha value is -3.64. The molecule has 0 spiro atoms. The normalized spacial score (nSPS) is 12.2. The van der Waals surface area contributed by atoms with Crippen LogP contribution in [-0.2, 0) is 4.74 Å². The molecule has 0 aliphatic heterocycles. The zero-order valence-corrected chi connectivity index (χ0v) is 18.2. The summed E-state index contributed by atoms with van der Waals surface area (Å²) in [6, 6.07) is 9.79. The summed E-state index contributed by atoms with van der Waals surface area (Å²) in [5, 5.41) is 0. The molecule has 0 fully saturated rings. The van der Waals surface area contributed by atoms with Gasteiger partial charge in [-0.15, -0.1) is 6.58 Å². The van der Waals surface area contributed by atoms with Crippen LogP contribution >= 0.6 is 0 Å². The van der Waals surface area contributed by atoms with Gasteiger partial charge in [-0.3, -0.25) is 0 Å². The van der Waals surface area contributed by atoms with Crippen molar-refractivity contribution in [2.45, 2.75) is 30.6 Å². The van der Waals surface area contributed by atoms with Crippen molar-refractivity contribution in [3.8, 4) is 11.5 Å². The minimum absolute atomic E-state index is 0.101. The fourth-order valence-corrected chi connectivity index (χ4v) is 2.48. The minimum atomic E-state index is -6.50. The second-order valence-electron chi connectivity index (χ2n) is 7.14. The van der Waals surface area contributed by atoms with Crippen LogP contribution in [0.2, 0.25) is 0 Å². The molecule has 0 aliphatic rings. The van der Waals surface area contributed by atoms with Crippen LogP contribution in [0.25, 0.3) is 0 Å². The molecule has 2 rings (SSSR count). The van der Waals surface area contributed by atoms with Gasteiger partial charge in [-0.05, 0) is 55.0 Å². The smallest absolute Gasteiger partial charge is 0.381 e. The molecule has 0 aliphatic carbocycles. The van der Waals surface area contributed by atoms with E-state index in [1.807, 2.05) is 0 Å². The highest BCUT2D eigenvalue weighted by Gasteiger charge is 2.75. The van der Waals surface area contributed by atoms with Crippen LogP contribution in [0.5, 0.6) is 11.5 Å². The van der Waals surface area contributed by atoms with E-state index in [1.54, 1.807) is 6.08 Å². The average molecular weight is 526 g/mol. The number of carbonyl (C=O) groups is 2. The highest BCUT2D eigenvalue weighted by atomic mass is 19.4. The van der Waals surface area contributed by atoms with Gasteiger partial charge in [0.1, 0.15) is 11.5 Å². The van der Waals surface area contributed by atoms with Gasteiger partial charge in [0.15, 0.2) is 6.61 Å². The molecule has 0 amide bonds. The van der Waals surface area contributed by atoms with Gasteiger partial charge < -0.3 is 14.2 Å². The summed E-state index contributed by atoms with van der Waals surface area (Å²) in [5.74, 6) is -20.7.